The average molecular weight is 284 g/mol. The van der Waals surface area contributed by atoms with Gasteiger partial charge in [-0.2, -0.15) is 0 Å². The number of nitrogens with one attached hydrogen (secondary N) is 1. The van der Waals surface area contributed by atoms with Gasteiger partial charge >= 0.3 is 5.97 Å². The summed E-state index contributed by atoms with van der Waals surface area (Å²) in [5.41, 5.74) is 7.78. The van der Waals surface area contributed by atoms with Crippen molar-refractivity contribution in [2.24, 2.45) is 5.73 Å². The minimum atomic E-state index is -0.867. The van der Waals surface area contributed by atoms with Gasteiger partial charge in [-0.15, -0.1) is 0 Å². The van der Waals surface area contributed by atoms with Crippen molar-refractivity contribution >= 4 is 5.97 Å². The molecule has 0 aliphatic carbocycles. The lowest BCUT2D eigenvalue weighted by Gasteiger charge is -2.22. The van der Waals surface area contributed by atoms with E-state index in [2.05, 4.69) is 5.32 Å². The number of benzene rings is 2. The summed E-state index contributed by atoms with van der Waals surface area (Å²) in [6.07, 6.45) is 0.430. The van der Waals surface area contributed by atoms with Crippen molar-refractivity contribution in [1.82, 2.24) is 5.32 Å². The third-order valence-electron chi connectivity index (χ3n) is 3.42. The van der Waals surface area contributed by atoms with Gasteiger partial charge in [0.25, 0.3) is 0 Å². The molecule has 0 aromatic heterocycles. The zero-order valence-electron chi connectivity index (χ0n) is 11.8. The first-order valence-electron chi connectivity index (χ1n) is 6.98. The first-order valence-corrected chi connectivity index (χ1v) is 6.98. The van der Waals surface area contributed by atoms with E-state index in [4.69, 9.17) is 5.73 Å². The summed E-state index contributed by atoms with van der Waals surface area (Å²) in [6.45, 7) is 0.350. The Labute approximate surface area is 124 Å². The largest absolute Gasteiger partial charge is 0.480 e. The van der Waals surface area contributed by atoms with Gasteiger partial charge in [0.1, 0.15) is 6.04 Å². The maximum Gasteiger partial charge on any atom is 0.321 e. The maximum atomic E-state index is 11.5. The third-order valence-corrected chi connectivity index (χ3v) is 3.42. The van der Waals surface area contributed by atoms with Gasteiger partial charge in [0.15, 0.2) is 0 Å². The van der Waals surface area contributed by atoms with Gasteiger partial charge in [0.2, 0.25) is 0 Å². The Morgan fingerprint density at radius 2 is 1.62 bits per heavy atom. The normalized spacial score (nSPS) is 13.6. The van der Waals surface area contributed by atoms with Crippen LogP contribution in [0, 0.1) is 0 Å². The standard InChI is InChI=1S/C17H20N2O2/c18-12-16(14-9-5-2-6-10-14)19-15(17(20)21)11-13-7-3-1-4-8-13/h1-10,15-16,19H,11-12,18H2,(H,20,21). The van der Waals surface area contributed by atoms with Crippen molar-refractivity contribution in [3.8, 4) is 0 Å². The monoisotopic (exact) mass is 284 g/mol. The fraction of sp³-hybridized carbons (Fsp3) is 0.235. The van der Waals surface area contributed by atoms with Crippen LogP contribution in [-0.2, 0) is 11.2 Å². The van der Waals surface area contributed by atoms with Gasteiger partial charge in [-0.3, -0.25) is 10.1 Å². The molecule has 0 aliphatic rings. The minimum Gasteiger partial charge on any atom is -0.480 e. The summed E-state index contributed by atoms with van der Waals surface area (Å²) in [7, 11) is 0. The zero-order chi connectivity index (χ0) is 15.1. The van der Waals surface area contributed by atoms with Crippen LogP contribution >= 0.6 is 0 Å². The Balaban J connectivity index is 2.10. The van der Waals surface area contributed by atoms with Crippen LogP contribution in [0.25, 0.3) is 0 Å². The smallest absolute Gasteiger partial charge is 0.321 e. The fourth-order valence-electron chi connectivity index (χ4n) is 2.30. The van der Waals surface area contributed by atoms with Gasteiger partial charge in [-0.25, -0.2) is 0 Å². The van der Waals surface area contributed by atoms with E-state index in [1.165, 1.54) is 0 Å². The number of carboxylic acids is 1. The highest BCUT2D eigenvalue weighted by Crippen LogP contribution is 2.13. The van der Waals surface area contributed by atoms with E-state index in [9.17, 15) is 9.90 Å². The number of nitrogens with two attached hydrogens (primary N) is 1. The van der Waals surface area contributed by atoms with Crippen LogP contribution < -0.4 is 11.1 Å². The lowest BCUT2D eigenvalue weighted by atomic mass is 10.0. The highest BCUT2D eigenvalue weighted by Gasteiger charge is 2.22. The number of carboxylic acid groups (broad SMARTS) is 1. The highest BCUT2D eigenvalue weighted by molar-refractivity contribution is 5.74. The molecule has 0 saturated heterocycles. The molecule has 0 fully saturated rings. The Hall–Kier alpha value is -2.17. The summed E-state index contributed by atoms with van der Waals surface area (Å²) >= 11 is 0. The van der Waals surface area contributed by atoms with Gasteiger partial charge in [-0.05, 0) is 17.5 Å². The van der Waals surface area contributed by atoms with Crippen molar-refractivity contribution in [3.05, 3.63) is 71.8 Å². The Bertz CT molecular complexity index is 558. The lowest BCUT2D eigenvalue weighted by Crippen LogP contribution is -2.43. The molecule has 0 heterocycles. The van der Waals surface area contributed by atoms with Crippen LogP contribution in [-0.4, -0.2) is 23.7 Å². The molecule has 0 radical (unpaired) electrons. The highest BCUT2D eigenvalue weighted by atomic mass is 16.4. The molecule has 2 unspecified atom stereocenters. The lowest BCUT2D eigenvalue weighted by molar-refractivity contribution is -0.139. The van der Waals surface area contributed by atoms with E-state index < -0.39 is 12.0 Å². The minimum absolute atomic E-state index is 0.170. The summed E-state index contributed by atoms with van der Waals surface area (Å²) < 4.78 is 0. The van der Waals surface area contributed by atoms with Crippen molar-refractivity contribution in [2.45, 2.75) is 18.5 Å². The second-order valence-electron chi connectivity index (χ2n) is 4.95. The molecule has 4 N–H and O–H groups in total. The van der Waals surface area contributed by atoms with Crippen LogP contribution in [0.3, 0.4) is 0 Å². The molecule has 4 nitrogen and oxygen atoms in total. The molecule has 2 aromatic carbocycles. The summed E-state index contributed by atoms with van der Waals surface area (Å²) in [4.78, 5) is 11.5. The number of hydrogen-bond acceptors (Lipinski definition) is 3. The van der Waals surface area contributed by atoms with E-state index >= 15 is 0 Å². The van der Waals surface area contributed by atoms with Crippen molar-refractivity contribution in [1.29, 1.82) is 0 Å². The molecule has 2 aromatic rings. The van der Waals surface area contributed by atoms with Gasteiger partial charge in [0, 0.05) is 12.6 Å². The molecule has 0 spiro atoms. The van der Waals surface area contributed by atoms with Crippen molar-refractivity contribution < 1.29 is 9.90 Å². The molecule has 0 amide bonds. The van der Waals surface area contributed by atoms with E-state index in [1.807, 2.05) is 60.7 Å². The number of carbonyl (C=O) groups is 1. The topological polar surface area (TPSA) is 75.3 Å². The molecule has 21 heavy (non-hydrogen) atoms. The Morgan fingerprint density at radius 1 is 1.05 bits per heavy atom. The second-order valence-corrected chi connectivity index (χ2v) is 4.95. The van der Waals surface area contributed by atoms with Crippen LogP contribution in [0.4, 0.5) is 0 Å². The Morgan fingerprint density at radius 3 is 2.14 bits per heavy atom. The first kappa shape index (κ1) is 15.2. The molecular formula is C17H20N2O2. The van der Waals surface area contributed by atoms with Crippen LogP contribution in [0.5, 0.6) is 0 Å². The van der Waals surface area contributed by atoms with Crippen molar-refractivity contribution in [3.63, 3.8) is 0 Å². The Kier molecular flexibility index (Phi) is 5.49. The molecule has 2 rings (SSSR count). The molecule has 2 atom stereocenters. The maximum absolute atomic E-state index is 11.5. The molecular weight excluding hydrogens is 264 g/mol. The van der Waals surface area contributed by atoms with Crippen LogP contribution in [0.15, 0.2) is 60.7 Å². The van der Waals surface area contributed by atoms with Crippen molar-refractivity contribution in [2.75, 3.05) is 6.54 Å². The van der Waals surface area contributed by atoms with E-state index in [1.54, 1.807) is 0 Å². The molecule has 4 heteroatoms. The number of rotatable bonds is 7. The van der Waals surface area contributed by atoms with Crippen LogP contribution in [0.1, 0.15) is 17.2 Å². The molecule has 0 saturated carbocycles. The van der Waals surface area contributed by atoms with Gasteiger partial charge in [0.05, 0.1) is 0 Å². The fourth-order valence-corrected chi connectivity index (χ4v) is 2.30. The second kappa shape index (κ2) is 7.57. The average Bonchev–Trinajstić information content (AvgIpc) is 2.53. The van der Waals surface area contributed by atoms with Crippen LogP contribution in [0.2, 0.25) is 0 Å². The number of hydrogen-bond donors (Lipinski definition) is 3. The predicted octanol–water partition coefficient (Wildman–Crippen LogP) is 1.97. The summed E-state index contributed by atoms with van der Waals surface area (Å²) in [5, 5.41) is 12.6. The molecule has 0 bridgehead atoms. The SMILES string of the molecule is NCC(NC(Cc1ccccc1)C(=O)O)c1ccccc1. The van der Waals surface area contributed by atoms with Gasteiger partial charge in [-0.1, -0.05) is 60.7 Å². The van der Waals surface area contributed by atoms with E-state index in [-0.39, 0.29) is 6.04 Å². The van der Waals surface area contributed by atoms with E-state index in [0.717, 1.165) is 11.1 Å². The summed E-state index contributed by atoms with van der Waals surface area (Å²) in [5.74, 6) is -0.867. The summed E-state index contributed by atoms with van der Waals surface area (Å²) in [6, 6.07) is 18.4. The predicted molar refractivity (Wildman–Crippen MR) is 82.9 cm³/mol. The molecule has 0 aliphatic heterocycles. The van der Waals surface area contributed by atoms with E-state index in [0.29, 0.717) is 13.0 Å². The zero-order valence-corrected chi connectivity index (χ0v) is 11.8. The quantitative estimate of drug-likeness (QED) is 0.726. The first-order chi connectivity index (χ1) is 10.2. The third kappa shape index (κ3) is 4.41. The number of aliphatic carboxylic acids is 1. The van der Waals surface area contributed by atoms with Gasteiger partial charge < -0.3 is 10.8 Å². The molecule has 110 valence electrons.